The number of benzene rings is 2. The van der Waals surface area contributed by atoms with Gasteiger partial charge in [0.2, 0.25) is 0 Å². The average Bonchev–Trinajstić information content (AvgIpc) is 3.16. The summed E-state index contributed by atoms with van der Waals surface area (Å²) in [7, 11) is 0. The molecule has 2 heterocycles. The normalized spacial score (nSPS) is 17.8. The first-order chi connectivity index (χ1) is 15.2. The number of likely N-dealkylation sites (tertiary alicyclic amines) is 1. The summed E-state index contributed by atoms with van der Waals surface area (Å²) in [4.78, 5) is 14.1. The highest BCUT2D eigenvalue weighted by Crippen LogP contribution is 2.54. The van der Waals surface area contributed by atoms with Crippen LogP contribution >= 0.6 is 0 Å². The molecule has 2 aliphatic rings. The Kier molecular flexibility index (Phi) is 4.54. The maximum absolute atomic E-state index is 13.9. The average molecular weight is 445 g/mol. The van der Waals surface area contributed by atoms with Gasteiger partial charge >= 0.3 is 6.18 Å². The maximum Gasteiger partial charge on any atom is 0.417 e. The van der Waals surface area contributed by atoms with Gasteiger partial charge in [-0.25, -0.2) is 4.39 Å². The third-order valence-electron chi connectivity index (χ3n) is 6.35. The van der Waals surface area contributed by atoms with E-state index in [1.54, 1.807) is 27.9 Å². The predicted octanol–water partition coefficient (Wildman–Crippen LogP) is 4.89. The smallest absolute Gasteiger partial charge is 0.417 e. The minimum Gasteiger partial charge on any atom is -0.508 e. The van der Waals surface area contributed by atoms with Gasteiger partial charge < -0.3 is 10.0 Å². The predicted molar refractivity (Wildman–Crippen MR) is 107 cm³/mol. The second-order valence-corrected chi connectivity index (χ2v) is 8.61. The van der Waals surface area contributed by atoms with Crippen molar-refractivity contribution in [2.45, 2.75) is 25.1 Å². The van der Waals surface area contributed by atoms with Crippen molar-refractivity contribution in [3.05, 3.63) is 71.7 Å². The number of rotatable bonds is 3. The highest BCUT2D eigenvalue weighted by molar-refractivity contribution is 5.95. The summed E-state index contributed by atoms with van der Waals surface area (Å²) < 4.78 is 55.5. The first-order valence-corrected chi connectivity index (χ1v) is 10.1. The quantitative estimate of drug-likeness (QED) is 0.584. The number of halogens is 4. The molecule has 0 bridgehead atoms. The van der Waals surface area contributed by atoms with Crippen molar-refractivity contribution in [2.75, 3.05) is 13.1 Å². The van der Waals surface area contributed by atoms with Crippen LogP contribution in [0.2, 0.25) is 0 Å². The zero-order chi connectivity index (χ0) is 22.7. The van der Waals surface area contributed by atoms with E-state index in [1.165, 1.54) is 18.2 Å². The van der Waals surface area contributed by atoms with Crippen molar-refractivity contribution in [3.63, 3.8) is 0 Å². The summed E-state index contributed by atoms with van der Waals surface area (Å²) in [5, 5.41) is 13.9. The molecule has 5 rings (SSSR count). The molecule has 1 aliphatic heterocycles. The van der Waals surface area contributed by atoms with Gasteiger partial charge in [-0.15, -0.1) is 0 Å². The molecule has 1 aliphatic carbocycles. The molecular formula is C23H19F4N3O2. The largest absolute Gasteiger partial charge is 0.508 e. The molecule has 1 amide bonds. The number of phenols is 1. The molecule has 32 heavy (non-hydrogen) atoms. The first kappa shape index (κ1) is 20.5. The number of hydrogen-bond donors (Lipinski definition) is 1. The fourth-order valence-corrected chi connectivity index (χ4v) is 4.78. The maximum atomic E-state index is 13.9. The molecule has 2 aromatic carbocycles. The highest BCUT2D eigenvalue weighted by Gasteiger charge is 2.54. The van der Waals surface area contributed by atoms with Gasteiger partial charge in [0.1, 0.15) is 11.6 Å². The molecule has 1 spiro atoms. The van der Waals surface area contributed by atoms with Crippen LogP contribution in [0.4, 0.5) is 17.6 Å². The van der Waals surface area contributed by atoms with Gasteiger partial charge in [-0.2, -0.15) is 18.3 Å². The molecule has 166 valence electrons. The second-order valence-electron chi connectivity index (χ2n) is 8.61. The summed E-state index contributed by atoms with van der Waals surface area (Å²) in [6, 6.07) is 10.3. The van der Waals surface area contributed by atoms with Gasteiger partial charge in [0, 0.05) is 30.3 Å². The van der Waals surface area contributed by atoms with Crippen LogP contribution in [0.1, 0.15) is 34.8 Å². The Hall–Kier alpha value is -3.36. The number of aromatic hydroxyl groups is 1. The van der Waals surface area contributed by atoms with Gasteiger partial charge in [0.05, 0.1) is 22.9 Å². The lowest BCUT2D eigenvalue weighted by atomic mass is 9.60. The Balaban J connectivity index is 1.24. The first-order valence-electron chi connectivity index (χ1n) is 10.1. The lowest BCUT2D eigenvalue weighted by Gasteiger charge is -2.58. The zero-order valence-corrected chi connectivity index (χ0v) is 16.8. The summed E-state index contributed by atoms with van der Waals surface area (Å²) in [6.45, 7) is 0.949. The number of amides is 1. The van der Waals surface area contributed by atoms with Crippen LogP contribution in [-0.4, -0.2) is 38.8 Å². The number of nitrogens with zero attached hydrogens (tertiary/aromatic N) is 3. The lowest BCUT2D eigenvalue weighted by Crippen LogP contribution is -2.63. The van der Waals surface area contributed by atoms with Gasteiger partial charge in [0.15, 0.2) is 0 Å². The molecule has 9 heteroatoms. The number of alkyl halides is 3. The van der Waals surface area contributed by atoms with E-state index in [-0.39, 0.29) is 34.0 Å². The number of carbonyl (C=O) groups excluding carboxylic acids is 1. The van der Waals surface area contributed by atoms with Crippen LogP contribution in [0, 0.1) is 11.2 Å². The van der Waals surface area contributed by atoms with E-state index in [9.17, 15) is 27.5 Å². The second kappa shape index (κ2) is 7.08. The number of carbonyl (C=O) groups is 1. The van der Waals surface area contributed by atoms with E-state index < -0.39 is 23.5 Å². The van der Waals surface area contributed by atoms with E-state index in [0.717, 1.165) is 31.0 Å². The molecule has 1 N–H and O–H groups in total. The van der Waals surface area contributed by atoms with Gasteiger partial charge in [-0.05, 0) is 43.2 Å². The molecule has 0 radical (unpaired) electrons. The van der Waals surface area contributed by atoms with Crippen LogP contribution in [0.15, 0.2) is 54.7 Å². The number of phenolic OH excluding ortho intramolecular Hbond substituents is 1. The Bertz CT molecular complexity index is 1190. The zero-order valence-electron chi connectivity index (χ0n) is 16.8. The van der Waals surface area contributed by atoms with E-state index >= 15 is 0 Å². The molecule has 0 unspecified atom stereocenters. The summed E-state index contributed by atoms with van der Waals surface area (Å²) in [5.41, 5.74) is -0.646. The third kappa shape index (κ3) is 3.41. The van der Waals surface area contributed by atoms with Crippen LogP contribution in [0.3, 0.4) is 0 Å². The minimum atomic E-state index is -4.46. The van der Waals surface area contributed by atoms with E-state index in [4.69, 9.17) is 0 Å². The summed E-state index contributed by atoms with van der Waals surface area (Å²) >= 11 is 0. The molecule has 3 aromatic rings. The van der Waals surface area contributed by atoms with Gasteiger partial charge in [-0.1, -0.05) is 18.2 Å². The Morgan fingerprint density at radius 1 is 1.09 bits per heavy atom. The Morgan fingerprint density at radius 2 is 1.81 bits per heavy atom. The fourth-order valence-electron chi connectivity index (χ4n) is 4.78. The van der Waals surface area contributed by atoms with Crippen molar-refractivity contribution in [1.29, 1.82) is 0 Å². The lowest BCUT2D eigenvalue weighted by molar-refractivity contribution is -0.137. The van der Waals surface area contributed by atoms with E-state index in [0.29, 0.717) is 13.1 Å². The number of aromatic nitrogens is 2. The van der Waals surface area contributed by atoms with Crippen molar-refractivity contribution >= 4 is 5.91 Å². The summed E-state index contributed by atoms with van der Waals surface area (Å²) in [5.74, 6) is -1.31. The molecule has 0 atom stereocenters. The van der Waals surface area contributed by atoms with Crippen molar-refractivity contribution < 1.29 is 27.5 Å². The topological polar surface area (TPSA) is 58.4 Å². The van der Waals surface area contributed by atoms with Crippen molar-refractivity contribution in [1.82, 2.24) is 14.7 Å². The SMILES string of the molecule is O=C(c1cc(O)ccc1F)N1CC2(CC(n3ccc(-c4ccccc4C(F)(F)F)n3)C2)C1. The Labute approximate surface area is 180 Å². The van der Waals surface area contributed by atoms with Gasteiger partial charge in [-0.3, -0.25) is 9.48 Å². The monoisotopic (exact) mass is 445 g/mol. The van der Waals surface area contributed by atoms with Crippen LogP contribution < -0.4 is 0 Å². The summed E-state index contributed by atoms with van der Waals surface area (Å²) in [6.07, 6.45) is -1.30. The standard InChI is InChI=1S/C23H19F4N3O2/c24-19-6-5-15(31)9-17(19)21(32)29-12-22(13-29)10-14(11-22)30-8-7-20(28-30)16-3-1-2-4-18(16)23(25,26)27/h1-9,14,31H,10-13H2. The van der Waals surface area contributed by atoms with Crippen molar-refractivity contribution in [2.24, 2.45) is 5.41 Å². The fraction of sp³-hybridized carbons (Fsp3) is 0.304. The molecule has 5 nitrogen and oxygen atoms in total. The van der Waals surface area contributed by atoms with Crippen LogP contribution in [-0.2, 0) is 6.18 Å². The third-order valence-corrected chi connectivity index (χ3v) is 6.35. The van der Waals surface area contributed by atoms with Crippen LogP contribution in [0.25, 0.3) is 11.3 Å². The molecular weight excluding hydrogens is 426 g/mol. The van der Waals surface area contributed by atoms with E-state index in [1.807, 2.05) is 0 Å². The molecule has 1 aromatic heterocycles. The molecule has 1 saturated carbocycles. The minimum absolute atomic E-state index is 0.0385. The van der Waals surface area contributed by atoms with Gasteiger partial charge in [0.25, 0.3) is 5.91 Å². The molecule has 1 saturated heterocycles. The van der Waals surface area contributed by atoms with E-state index in [2.05, 4.69) is 5.10 Å². The highest BCUT2D eigenvalue weighted by atomic mass is 19.4. The van der Waals surface area contributed by atoms with Crippen molar-refractivity contribution in [3.8, 4) is 17.0 Å². The van der Waals surface area contributed by atoms with Crippen LogP contribution in [0.5, 0.6) is 5.75 Å². The Morgan fingerprint density at radius 3 is 2.53 bits per heavy atom. The molecule has 2 fully saturated rings. The number of hydrogen-bond acceptors (Lipinski definition) is 3.